The largest absolute Gasteiger partial charge is 0.369 e. The summed E-state index contributed by atoms with van der Waals surface area (Å²) < 4.78 is 0. The Balaban J connectivity index is 2.42. The summed E-state index contributed by atoms with van der Waals surface area (Å²) in [4.78, 5) is 21.7. The second-order valence-electron chi connectivity index (χ2n) is 4.22. The Hall–Kier alpha value is -0.860. The predicted molar refractivity (Wildman–Crippen MR) is 54.5 cm³/mol. The fourth-order valence-electron chi connectivity index (χ4n) is 2.37. The molecular weight excluding hydrogens is 178 g/mol. The van der Waals surface area contributed by atoms with Crippen LogP contribution in [0.25, 0.3) is 0 Å². The number of rotatable bonds is 4. The highest BCUT2D eigenvalue weighted by molar-refractivity contribution is 5.76. The molecule has 2 N–H and O–H groups in total. The average Bonchev–Trinajstić information content (AvgIpc) is 2.20. The Morgan fingerprint density at radius 1 is 1.43 bits per heavy atom. The van der Waals surface area contributed by atoms with Gasteiger partial charge < -0.3 is 10.5 Å². The van der Waals surface area contributed by atoms with Crippen LogP contribution >= 0.6 is 0 Å². The quantitative estimate of drug-likeness (QED) is 0.694. The number of hydrogen-bond donors (Lipinski definition) is 1. The molecule has 0 heterocycles. The fraction of sp³-hybridized carbons (Fsp3) is 0.818. The van der Waals surface area contributed by atoms with Crippen molar-refractivity contribution in [2.75, 3.05) is 0 Å². The highest BCUT2D eigenvalue weighted by Crippen LogP contribution is 2.33. The van der Waals surface area contributed by atoms with Crippen LogP contribution in [0.4, 0.5) is 0 Å². The van der Waals surface area contributed by atoms with Gasteiger partial charge in [0.05, 0.1) is 0 Å². The molecule has 0 aliphatic heterocycles. The molecule has 1 amide bonds. The molecule has 3 heteroatoms. The van der Waals surface area contributed by atoms with E-state index in [0.717, 1.165) is 38.4 Å². The molecule has 1 aliphatic rings. The lowest BCUT2D eigenvalue weighted by Crippen LogP contribution is -2.30. The highest BCUT2D eigenvalue weighted by Gasteiger charge is 2.28. The van der Waals surface area contributed by atoms with Crippen molar-refractivity contribution in [2.24, 2.45) is 23.5 Å². The van der Waals surface area contributed by atoms with Crippen LogP contribution in [-0.4, -0.2) is 12.2 Å². The first-order chi connectivity index (χ1) is 6.69. The monoisotopic (exact) mass is 197 g/mol. The summed E-state index contributed by atoms with van der Waals surface area (Å²) in [6.45, 7) is 2.04. The minimum absolute atomic E-state index is 0.0513. The van der Waals surface area contributed by atoms with Gasteiger partial charge >= 0.3 is 0 Å². The molecule has 0 aromatic rings. The van der Waals surface area contributed by atoms with Gasteiger partial charge in [-0.3, -0.25) is 4.79 Å². The molecule has 14 heavy (non-hydrogen) atoms. The van der Waals surface area contributed by atoms with E-state index in [4.69, 9.17) is 5.73 Å². The van der Waals surface area contributed by atoms with E-state index < -0.39 is 0 Å². The van der Waals surface area contributed by atoms with Gasteiger partial charge in [0.15, 0.2) is 0 Å². The number of carbonyl (C=O) groups excluding carboxylic acids is 2. The van der Waals surface area contributed by atoms with E-state index in [1.54, 1.807) is 0 Å². The van der Waals surface area contributed by atoms with Gasteiger partial charge in [0.1, 0.15) is 6.29 Å². The molecule has 0 spiro atoms. The van der Waals surface area contributed by atoms with Crippen molar-refractivity contribution in [2.45, 2.75) is 39.0 Å². The number of aldehydes is 1. The Morgan fingerprint density at radius 2 is 2.00 bits per heavy atom. The Labute approximate surface area is 85.0 Å². The zero-order valence-corrected chi connectivity index (χ0v) is 8.74. The molecule has 0 saturated heterocycles. The molecule has 1 saturated carbocycles. The lowest BCUT2D eigenvalue weighted by atomic mass is 9.75. The summed E-state index contributed by atoms with van der Waals surface area (Å²) in [5, 5.41) is 0. The molecule has 1 fully saturated rings. The topological polar surface area (TPSA) is 60.2 Å². The molecule has 0 aromatic carbocycles. The highest BCUT2D eigenvalue weighted by atomic mass is 16.1. The number of hydrogen-bond acceptors (Lipinski definition) is 2. The smallest absolute Gasteiger partial charge is 0.220 e. The number of primary amides is 1. The third-order valence-corrected chi connectivity index (χ3v) is 3.43. The van der Waals surface area contributed by atoms with Gasteiger partial charge in [-0.2, -0.15) is 0 Å². The van der Waals surface area contributed by atoms with Gasteiger partial charge in [-0.15, -0.1) is 0 Å². The van der Waals surface area contributed by atoms with Crippen molar-refractivity contribution < 1.29 is 9.59 Å². The molecule has 1 atom stereocenters. The summed E-state index contributed by atoms with van der Waals surface area (Å²) in [6.07, 6.45) is 5.66. The number of amides is 1. The van der Waals surface area contributed by atoms with Crippen LogP contribution in [0, 0.1) is 17.8 Å². The molecule has 0 aromatic heterocycles. The van der Waals surface area contributed by atoms with Gasteiger partial charge in [-0.05, 0) is 38.0 Å². The molecule has 0 radical (unpaired) electrons. The summed E-state index contributed by atoms with van der Waals surface area (Å²) in [5.41, 5.74) is 5.25. The zero-order chi connectivity index (χ0) is 10.6. The van der Waals surface area contributed by atoms with E-state index in [9.17, 15) is 9.59 Å². The summed E-state index contributed by atoms with van der Waals surface area (Å²) in [6, 6.07) is 0. The molecule has 1 aliphatic carbocycles. The lowest BCUT2D eigenvalue weighted by Gasteiger charge is -2.29. The first kappa shape index (κ1) is 11.2. The normalized spacial score (nSPS) is 29.5. The standard InChI is InChI=1S/C11H19NO2/c1-2-8(7-13)9-3-5-10(6-4-9)11(12)14/h7-10H,2-6H2,1H3,(H2,12,14). The van der Waals surface area contributed by atoms with Gasteiger partial charge in [0.25, 0.3) is 0 Å². The molecule has 1 rings (SSSR count). The van der Waals surface area contributed by atoms with E-state index in [1.807, 2.05) is 6.92 Å². The minimum atomic E-state index is -0.178. The summed E-state index contributed by atoms with van der Waals surface area (Å²) >= 11 is 0. The maximum atomic E-state index is 10.9. The van der Waals surface area contributed by atoms with Crippen LogP contribution in [0.15, 0.2) is 0 Å². The second-order valence-corrected chi connectivity index (χ2v) is 4.22. The van der Waals surface area contributed by atoms with E-state index in [2.05, 4.69) is 0 Å². The van der Waals surface area contributed by atoms with Crippen LogP contribution in [-0.2, 0) is 9.59 Å². The molecule has 0 bridgehead atoms. The van der Waals surface area contributed by atoms with Crippen LogP contribution < -0.4 is 5.73 Å². The SMILES string of the molecule is CCC(C=O)C1CCC(C(N)=O)CC1. The fourth-order valence-corrected chi connectivity index (χ4v) is 2.37. The summed E-state index contributed by atoms with van der Waals surface area (Å²) in [7, 11) is 0. The van der Waals surface area contributed by atoms with Crippen molar-refractivity contribution in [3.05, 3.63) is 0 Å². The van der Waals surface area contributed by atoms with E-state index >= 15 is 0 Å². The predicted octanol–water partition coefficient (Wildman–Crippen LogP) is 1.50. The minimum Gasteiger partial charge on any atom is -0.369 e. The maximum absolute atomic E-state index is 10.9. The van der Waals surface area contributed by atoms with Crippen molar-refractivity contribution in [1.29, 1.82) is 0 Å². The summed E-state index contributed by atoms with van der Waals surface area (Å²) in [5.74, 6) is 0.537. The molecule has 1 unspecified atom stereocenters. The molecular formula is C11H19NO2. The molecule has 3 nitrogen and oxygen atoms in total. The van der Waals surface area contributed by atoms with Crippen LogP contribution in [0.1, 0.15) is 39.0 Å². The van der Waals surface area contributed by atoms with E-state index in [-0.39, 0.29) is 17.7 Å². The van der Waals surface area contributed by atoms with Crippen LogP contribution in [0.3, 0.4) is 0 Å². The molecule has 80 valence electrons. The van der Waals surface area contributed by atoms with Crippen LogP contribution in [0.5, 0.6) is 0 Å². The van der Waals surface area contributed by atoms with Gasteiger partial charge in [-0.1, -0.05) is 6.92 Å². The van der Waals surface area contributed by atoms with Crippen molar-refractivity contribution >= 4 is 12.2 Å². The third-order valence-electron chi connectivity index (χ3n) is 3.43. The Bertz CT molecular complexity index is 207. The van der Waals surface area contributed by atoms with Crippen molar-refractivity contribution in [1.82, 2.24) is 0 Å². The Morgan fingerprint density at radius 3 is 2.36 bits per heavy atom. The maximum Gasteiger partial charge on any atom is 0.220 e. The van der Waals surface area contributed by atoms with Gasteiger partial charge in [0, 0.05) is 11.8 Å². The number of carbonyl (C=O) groups is 2. The second kappa shape index (κ2) is 5.13. The van der Waals surface area contributed by atoms with Gasteiger partial charge in [0.2, 0.25) is 5.91 Å². The first-order valence-electron chi connectivity index (χ1n) is 5.43. The van der Waals surface area contributed by atoms with Gasteiger partial charge in [-0.25, -0.2) is 0 Å². The van der Waals surface area contributed by atoms with Crippen molar-refractivity contribution in [3.8, 4) is 0 Å². The van der Waals surface area contributed by atoms with E-state index in [1.165, 1.54) is 0 Å². The zero-order valence-electron chi connectivity index (χ0n) is 8.74. The van der Waals surface area contributed by atoms with Crippen LogP contribution in [0.2, 0.25) is 0 Å². The van der Waals surface area contributed by atoms with E-state index in [0.29, 0.717) is 5.92 Å². The lowest BCUT2D eigenvalue weighted by molar-refractivity contribution is -0.123. The Kier molecular flexibility index (Phi) is 4.11. The van der Waals surface area contributed by atoms with Crippen molar-refractivity contribution in [3.63, 3.8) is 0 Å². The third kappa shape index (κ3) is 2.56. The number of nitrogens with two attached hydrogens (primary N) is 1. The first-order valence-corrected chi connectivity index (χ1v) is 5.43. The average molecular weight is 197 g/mol.